The standard InChI is InChI=1S/C19H23N3O2S/c23-18-17(25-19(20-18)22-8-2-1-3-9-22)14-15-4-6-16(7-5-15)21-10-12-24-13-11-21/h4-7,14H,1-3,8-13H2. The van der Waals surface area contributed by atoms with Crippen LogP contribution in [0.2, 0.25) is 0 Å². The number of hydrogen-bond acceptors (Lipinski definition) is 5. The minimum Gasteiger partial charge on any atom is -0.378 e. The lowest BCUT2D eigenvalue weighted by atomic mass is 10.1. The van der Waals surface area contributed by atoms with Crippen LogP contribution in [-0.4, -0.2) is 55.4 Å². The first-order valence-electron chi connectivity index (χ1n) is 9.00. The molecule has 5 nitrogen and oxygen atoms in total. The predicted molar refractivity (Wildman–Crippen MR) is 103 cm³/mol. The van der Waals surface area contributed by atoms with E-state index in [0.29, 0.717) is 0 Å². The van der Waals surface area contributed by atoms with E-state index in [-0.39, 0.29) is 5.91 Å². The van der Waals surface area contributed by atoms with Gasteiger partial charge >= 0.3 is 0 Å². The van der Waals surface area contributed by atoms with Crippen LogP contribution in [0, 0.1) is 0 Å². The number of likely N-dealkylation sites (tertiary alicyclic amines) is 1. The summed E-state index contributed by atoms with van der Waals surface area (Å²) in [4.78, 5) is 21.8. The number of anilines is 1. The summed E-state index contributed by atoms with van der Waals surface area (Å²) in [5.74, 6) is -0.108. The number of benzene rings is 1. The highest BCUT2D eigenvalue weighted by Gasteiger charge is 2.26. The Bertz CT molecular complexity index is 687. The normalized spacial score (nSPS) is 23.3. The average molecular weight is 357 g/mol. The van der Waals surface area contributed by atoms with Crippen molar-refractivity contribution in [3.8, 4) is 0 Å². The maximum absolute atomic E-state index is 12.2. The van der Waals surface area contributed by atoms with E-state index in [9.17, 15) is 4.79 Å². The third-order valence-corrected chi connectivity index (χ3v) is 5.85. The second kappa shape index (κ2) is 7.62. The number of rotatable bonds is 2. The van der Waals surface area contributed by atoms with Gasteiger partial charge in [-0.25, -0.2) is 0 Å². The van der Waals surface area contributed by atoms with Crippen molar-refractivity contribution in [1.82, 2.24) is 4.90 Å². The predicted octanol–water partition coefficient (Wildman–Crippen LogP) is 2.98. The van der Waals surface area contributed by atoms with Crippen LogP contribution in [0.4, 0.5) is 5.69 Å². The Balaban J connectivity index is 1.43. The van der Waals surface area contributed by atoms with Gasteiger partial charge in [-0.3, -0.25) is 4.79 Å². The maximum Gasteiger partial charge on any atom is 0.286 e. The number of amidine groups is 1. The van der Waals surface area contributed by atoms with Crippen molar-refractivity contribution in [1.29, 1.82) is 0 Å². The van der Waals surface area contributed by atoms with Crippen LogP contribution in [0.1, 0.15) is 24.8 Å². The molecule has 1 amide bonds. The molecule has 6 heteroatoms. The lowest BCUT2D eigenvalue weighted by molar-refractivity contribution is -0.113. The fourth-order valence-electron chi connectivity index (χ4n) is 3.37. The summed E-state index contributed by atoms with van der Waals surface area (Å²) < 4.78 is 5.40. The number of nitrogens with zero attached hydrogens (tertiary/aromatic N) is 3. The zero-order chi connectivity index (χ0) is 17.1. The van der Waals surface area contributed by atoms with E-state index in [1.807, 2.05) is 6.08 Å². The van der Waals surface area contributed by atoms with Crippen LogP contribution in [0.15, 0.2) is 34.2 Å². The van der Waals surface area contributed by atoms with E-state index in [1.165, 1.54) is 36.7 Å². The molecule has 0 unspecified atom stereocenters. The molecule has 3 aliphatic heterocycles. The van der Waals surface area contributed by atoms with Crippen molar-refractivity contribution in [3.05, 3.63) is 34.7 Å². The molecule has 0 bridgehead atoms. The first-order valence-corrected chi connectivity index (χ1v) is 9.81. The van der Waals surface area contributed by atoms with Crippen molar-refractivity contribution in [2.75, 3.05) is 44.3 Å². The number of amides is 1. The Hall–Kier alpha value is -1.79. The highest BCUT2D eigenvalue weighted by Crippen LogP contribution is 2.31. The van der Waals surface area contributed by atoms with Gasteiger partial charge < -0.3 is 14.5 Å². The lowest BCUT2D eigenvalue weighted by Gasteiger charge is -2.28. The fraction of sp³-hybridized carbons (Fsp3) is 0.474. The Morgan fingerprint density at radius 3 is 2.40 bits per heavy atom. The summed E-state index contributed by atoms with van der Waals surface area (Å²) in [5, 5.41) is 0.876. The molecule has 25 heavy (non-hydrogen) atoms. The van der Waals surface area contributed by atoms with E-state index < -0.39 is 0 Å². The fourth-order valence-corrected chi connectivity index (χ4v) is 4.34. The van der Waals surface area contributed by atoms with E-state index in [1.54, 1.807) is 0 Å². The summed E-state index contributed by atoms with van der Waals surface area (Å²) in [5.41, 5.74) is 2.25. The lowest BCUT2D eigenvalue weighted by Crippen LogP contribution is -2.36. The van der Waals surface area contributed by atoms with E-state index >= 15 is 0 Å². The molecule has 1 aromatic rings. The smallest absolute Gasteiger partial charge is 0.286 e. The van der Waals surface area contributed by atoms with Crippen molar-refractivity contribution >= 4 is 34.6 Å². The highest BCUT2D eigenvalue weighted by molar-refractivity contribution is 8.18. The molecule has 1 aromatic carbocycles. The average Bonchev–Trinajstić information content (AvgIpc) is 3.04. The second-order valence-corrected chi connectivity index (χ2v) is 7.56. The molecule has 3 aliphatic rings. The summed E-state index contributed by atoms with van der Waals surface area (Å²) in [6, 6.07) is 8.39. The molecule has 0 atom stereocenters. The Morgan fingerprint density at radius 1 is 0.960 bits per heavy atom. The van der Waals surface area contributed by atoms with Gasteiger partial charge in [0, 0.05) is 31.9 Å². The van der Waals surface area contributed by atoms with Gasteiger partial charge in [-0.05, 0) is 54.8 Å². The van der Waals surface area contributed by atoms with Crippen LogP contribution < -0.4 is 4.90 Å². The molecule has 0 radical (unpaired) electrons. The highest BCUT2D eigenvalue weighted by atomic mass is 32.2. The second-order valence-electron chi connectivity index (χ2n) is 6.55. The number of aliphatic imine (C=N–C) groups is 1. The molecule has 2 fully saturated rings. The molecular weight excluding hydrogens is 334 g/mol. The minimum atomic E-state index is -0.108. The Labute approximate surface area is 152 Å². The first kappa shape index (κ1) is 16.7. The van der Waals surface area contributed by atoms with Crippen molar-refractivity contribution in [2.24, 2.45) is 4.99 Å². The molecule has 0 aliphatic carbocycles. The molecule has 3 heterocycles. The van der Waals surface area contributed by atoms with Gasteiger partial charge in [0.05, 0.1) is 18.1 Å². The number of carbonyl (C=O) groups excluding carboxylic acids is 1. The Morgan fingerprint density at radius 2 is 1.68 bits per heavy atom. The minimum absolute atomic E-state index is 0.108. The quantitative estimate of drug-likeness (QED) is 0.762. The van der Waals surface area contributed by atoms with Gasteiger partial charge in [-0.15, -0.1) is 0 Å². The third-order valence-electron chi connectivity index (χ3n) is 4.80. The maximum atomic E-state index is 12.2. The van der Waals surface area contributed by atoms with Crippen LogP contribution >= 0.6 is 11.8 Å². The van der Waals surface area contributed by atoms with E-state index in [4.69, 9.17) is 4.74 Å². The van der Waals surface area contributed by atoms with E-state index in [0.717, 1.165) is 55.0 Å². The molecule has 0 saturated carbocycles. The summed E-state index contributed by atoms with van der Waals surface area (Å²) in [6.45, 7) is 5.46. The summed E-state index contributed by atoms with van der Waals surface area (Å²) >= 11 is 1.51. The monoisotopic (exact) mass is 357 g/mol. The van der Waals surface area contributed by atoms with Gasteiger partial charge in [0.15, 0.2) is 5.17 Å². The molecule has 2 saturated heterocycles. The number of morpholine rings is 1. The number of piperidine rings is 1. The van der Waals surface area contributed by atoms with Crippen LogP contribution in [0.5, 0.6) is 0 Å². The number of thioether (sulfide) groups is 1. The van der Waals surface area contributed by atoms with Gasteiger partial charge in [-0.2, -0.15) is 4.99 Å². The summed E-state index contributed by atoms with van der Waals surface area (Å²) in [6.07, 6.45) is 5.61. The topological polar surface area (TPSA) is 45.1 Å². The van der Waals surface area contributed by atoms with Gasteiger partial charge in [0.25, 0.3) is 5.91 Å². The molecule has 0 aromatic heterocycles. The van der Waals surface area contributed by atoms with Gasteiger partial charge in [0.2, 0.25) is 0 Å². The number of hydrogen-bond donors (Lipinski definition) is 0. The van der Waals surface area contributed by atoms with Crippen molar-refractivity contribution < 1.29 is 9.53 Å². The number of ether oxygens (including phenoxy) is 1. The third kappa shape index (κ3) is 3.90. The molecule has 132 valence electrons. The van der Waals surface area contributed by atoms with Crippen LogP contribution in [0.3, 0.4) is 0 Å². The van der Waals surface area contributed by atoms with Crippen LogP contribution in [0.25, 0.3) is 6.08 Å². The van der Waals surface area contributed by atoms with Gasteiger partial charge in [0.1, 0.15) is 0 Å². The first-order chi connectivity index (χ1) is 12.3. The van der Waals surface area contributed by atoms with Gasteiger partial charge in [-0.1, -0.05) is 12.1 Å². The van der Waals surface area contributed by atoms with Crippen molar-refractivity contribution in [3.63, 3.8) is 0 Å². The van der Waals surface area contributed by atoms with Crippen LogP contribution in [-0.2, 0) is 9.53 Å². The van der Waals surface area contributed by atoms with Crippen molar-refractivity contribution in [2.45, 2.75) is 19.3 Å². The zero-order valence-corrected chi connectivity index (χ0v) is 15.1. The Kier molecular flexibility index (Phi) is 5.08. The molecular formula is C19H23N3O2S. The molecule has 0 spiro atoms. The SMILES string of the molecule is O=C1N=C(N2CCCCC2)SC1=Cc1ccc(N2CCOCC2)cc1. The zero-order valence-electron chi connectivity index (χ0n) is 14.3. The largest absolute Gasteiger partial charge is 0.378 e. The summed E-state index contributed by atoms with van der Waals surface area (Å²) in [7, 11) is 0. The molecule has 4 rings (SSSR count). The molecule has 0 N–H and O–H groups in total. The number of carbonyl (C=O) groups is 1. The van der Waals surface area contributed by atoms with E-state index in [2.05, 4.69) is 39.1 Å².